The van der Waals surface area contributed by atoms with Gasteiger partial charge in [-0.05, 0) is 24.6 Å². The molecule has 0 N–H and O–H groups in total. The van der Waals surface area contributed by atoms with E-state index in [2.05, 4.69) is 20.9 Å². The number of alkyl halides is 4. The summed E-state index contributed by atoms with van der Waals surface area (Å²) >= 11 is 3.25. The average molecular weight is 362 g/mol. The molecule has 0 aliphatic carbocycles. The van der Waals surface area contributed by atoms with Crippen molar-refractivity contribution < 1.29 is 17.6 Å². The fraction of sp³-hybridized carbons (Fsp3) is 0.267. The Bertz CT molecular complexity index is 623. The van der Waals surface area contributed by atoms with Gasteiger partial charge in [-0.1, -0.05) is 34.1 Å². The minimum absolute atomic E-state index is 0.0211. The zero-order valence-electron chi connectivity index (χ0n) is 11.1. The van der Waals surface area contributed by atoms with E-state index in [0.29, 0.717) is 12.1 Å². The Kier molecular flexibility index (Phi) is 4.66. The third-order valence-corrected chi connectivity index (χ3v) is 3.85. The molecule has 0 aliphatic rings. The summed E-state index contributed by atoms with van der Waals surface area (Å²) in [6.45, 7) is 1.88. The summed E-state index contributed by atoms with van der Waals surface area (Å²) in [7, 11) is 0. The fourth-order valence-electron chi connectivity index (χ4n) is 1.92. The first kappa shape index (κ1) is 15.9. The van der Waals surface area contributed by atoms with Gasteiger partial charge in [-0.3, -0.25) is 4.98 Å². The van der Waals surface area contributed by atoms with Gasteiger partial charge in [0.05, 0.1) is 5.56 Å². The SMILES string of the molecule is Cc1ccc(CC(Br)c2cccc(C(F)(F)F)c2F)nc1. The number of hydrogen-bond donors (Lipinski definition) is 0. The van der Waals surface area contributed by atoms with Crippen LogP contribution in [0.4, 0.5) is 17.6 Å². The van der Waals surface area contributed by atoms with Gasteiger partial charge in [0.25, 0.3) is 0 Å². The number of benzene rings is 1. The smallest absolute Gasteiger partial charge is 0.261 e. The Balaban J connectivity index is 2.27. The van der Waals surface area contributed by atoms with Crippen molar-refractivity contribution in [2.75, 3.05) is 0 Å². The fourth-order valence-corrected chi connectivity index (χ4v) is 2.61. The molecule has 1 aromatic carbocycles. The van der Waals surface area contributed by atoms with Crippen LogP contribution < -0.4 is 0 Å². The van der Waals surface area contributed by atoms with E-state index in [9.17, 15) is 17.6 Å². The third kappa shape index (κ3) is 3.81. The Hall–Kier alpha value is -1.43. The lowest BCUT2D eigenvalue weighted by molar-refractivity contribution is -0.140. The van der Waals surface area contributed by atoms with Gasteiger partial charge in [-0.2, -0.15) is 13.2 Å². The average Bonchev–Trinajstić information content (AvgIpc) is 2.40. The predicted octanol–water partition coefficient (Wildman–Crippen LogP) is 5.23. The molecule has 1 atom stereocenters. The van der Waals surface area contributed by atoms with Crippen LogP contribution in [0.3, 0.4) is 0 Å². The van der Waals surface area contributed by atoms with E-state index >= 15 is 0 Å². The molecule has 112 valence electrons. The van der Waals surface area contributed by atoms with Crippen LogP contribution in [0.2, 0.25) is 0 Å². The molecule has 0 radical (unpaired) electrons. The lowest BCUT2D eigenvalue weighted by Crippen LogP contribution is -2.11. The highest BCUT2D eigenvalue weighted by molar-refractivity contribution is 9.09. The van der Waals surface area contributed by atoms with Crippen molar-refractivity contribution in [3.8, 4) is 0 Å². The van der Waals surface area contributed by atoms with Gasteiger partial charge in [0, 0.05) is 28.7 Å². The molecule has 0 fully saturated rings. The first-order chi connectivity index (χ1) is 9.79. The van der Waals surface area contributed by atoms with Gasteiger partial charge >= 0.3 is 6.18 Å². The summed E-state index contributed by atoms with van der Waals surface area (Å²) in [5.41, 5.74) is 0.392. The van der Waals surface area contributed by atoms with Crippen molar-refractivity contribution in [3.63, 3.8) is 0 Å². The maximum atomic E-state index is 14.0. The Morgan fingerprint density at radius 1 is 1.19 bits per heavy atom. The molecule has 21 heavy (non-hydrogen) atoms. The highest BCUT2D eigenvalue weighted by Gasteiger charge is 2.35. The van der Waals surface area contributed by atoms with Crippen molar-refractivity contribution in [2.45, 2.75) is 24.3 Å². The standard InChI is InChI=1S/C15H12BrF4N/c1-9-5-6-10(21-8-9)7-13(16)11-3-2-4-12(14(11)17)15(18,19)20/h2-6,8,13H,7H2,1H3. The minimum atomic E-state index is -4.70. The molecular weight excluding hydrogens is 350 g/mol. The van der Waals surface area contributed by atoms with E-state index in [-0.39, 0.29) is 5.56 Å². The highest BCUT2D eigenvalue weighted by atomic mass is 79.9. The quantitative estimate of drug-likeness (QED) is 0.539. The zero-order chi connectivity index (χ0) is 15.6. The Labute approximate surface area is 128 Å². The van der Waals surface area contributed by atoms with Gasteiger partial charge in [-0.25, -0.2) is 4.39 Å². The number of rotatable bonds is 3. The van der Waals surface area contributed by atoms with Crippen molar-refractivity contribution in [1.29, 1.82) is 0 Å². The molecule has 0 bridgehead atoms. The van der Waals surface area contributed by atoms with E-state index in [4.69, 9.17) is 0 Å². The van der Waals surface area contributed by atoms with Gasteiger partial charge < -0.3 is 0 Å². The van der Waals surface area contributed by atoms with E-state index in [1.807, 2.05) is 13.0 Å². The van der Waals surface area contributed by atoms with E-state index < -0.39 is 22.4 Å². The number of aromatic nitrogens is 1. The molecule has 2 rings (SSSR count). The Morgan fingerprint density at radius 2 is 1.90 bits per heavy atom. The predicted molar refractivity (Wildman–Crippen MR) is 75.7 cm³/mol. The molecule has 1 heterocycles. The summed E-state index contributed by atoms with van der Waals surface area (Å²) in [6, 6.07) is 6.92. The second-order valence-electron chi connectivity index (χ2n) is 4.71. The lowest BCUT2D eigenvalue weighted by atomic mass is 10.0. The molecule has 0 aliphatic heterocycles. The molecule has 6 heteroatoms. The normalized spacial score (nSPS) is 13.2. The van der Waals surface area contributed by atoms with Crippen LogP contribution in [-0.2, 0) is 12.6 Å². The first-order valence-electron chi connectivity index (χ1n) is 6.20. The lowest BCUT2D eigenvalue weighted by Gasteiger charge is -2.15. The molecule has 0 saturated heterocycles. The molecular formula is C15H12BrF4N. The van der Waals surface area contributed by atoms with Gasteiger partial charge in [0.1, 0.15) is 5.82 Å². The van der Waals surface area contributed by atoms with Crippen molar-refractivity contribution >= 4 is 15.9 Å². The summed E-state index contributed by atoms with van der Waals surface area (Å²) in [5.74, 6) is -1.24. The van der Waals surface area contributed by atoms with Crippen molar-refractivity contribution in [3.05, 3.63) is 64.7 Å². The van der Waals surface area contributed by atoms with Crippen LogP contribution in [0.15, 0.2) is 36.5 Å². The summed E-state index contributed by atoms with van der Waals surface area (Å²) in [6.07, 6.45) is -2.73. The number of hydrogen-bond acceptors (Lipinski definition) is 1. The molecule has 0 amide bonds. The van der Waals surface area contributed by atoms with E-state index in [1.165, 1.54) is 12.1 Å². The van der Waals surface area contributed by atoms with Gasteiger partial charge in [-0.15, -0.1) is 0 Å². The Morgan fingerprint density at radius 3 is 2.48 bits per heavy atom. The number of nitrogens with zero attached hydrogens (tertiary/aromatic N) is 1. The second kappa shape index (κ2) is 6.13. The van der Waals surface area contributed by atoms with Gasteiger partial charge in [0.15, 0.2) is 0 Å². The van der Waals surface area contributed by atoms with Crippen LogP contribution in [0, 0.1) is 12.7 Å². The monoisotopic (exact) mass is 361 g/mol. The van der Waals surface area contributed by atoms with Crippen LogP contribution in [-0.4, -0.2) is 4.98 Å². The maximum absolute atomic E-state index is 14.0. The van der Waals surface area contributed by atoms with Crippen LogP contribution >= 0.6 is 15.9 Å². The van der Waals surface area contributed by atoms with Crippen molar-refractivity contribution in [2.24, 2.45) is 0 Å². The summed E-state index contributed by atoms with van der Waals surface area (Å²) in [4.78, 5) is 3.60. The second-order valence-corrected chi connectivity index (χ2v) is 5.81. The zero-order valence-corrected chi connectivity index (χ0v) is 12.7. The van der Waals surface area contributed by atoms with Crippen LogP contribution in [0.25, 0.3) is 0 Å². The number of pyridine rings is 1. The molecule has 1 nitrogen and oxygen atoms in total. The molecule has 1 unspecified atom stereocenters. The topological polar surface area (TPSA) is 12.9 Å². The largest absolute Gasteiger partial charge is 0.419 e. The molecule has 0 spiro atoms. The van der Waals surface area contributed by atoms with Crippen LogP contribution in [0.5, 0.6) is 0 Å². The van der Waals surface area contributed by atoms with E-state index in [0.717, 1.165) is 11.6 Å². The number of aryl methyl sites for hydroxylation is 1. The maximum Gasteiger partial charge on any atom is 0.419 e. The summed E-state index contributed by atoms with van der Waals surface area (Å²) in [5, 5.41) is 0. The van der Waals surface area contributed by atoms with Crippen molar-refractivity contribution in [1.82, 2.24) is 4.98 Å². The third-order valence-electron chi connectivity index (χ3n) is 3.03. The number of halogens is 5. The summed E-state index contributed by atoms with van der Waals surface area (Å²) < 4.78 is 52.1. The molecule has 2 aromatic rings. The highest BCUT2D eigenvalue weighted by Crippen LogP contribution is 2.36. The van der Waals surface area contributed by atoms with Crippen LogP contribution in [0.1, 0.15) is 27.2 Å². The van der Waals surface area contributed by atoms with Gasteiger partial charge in [0.2, 0.25) is 0 Å². The minimum Gasteiger partial charge on any atom is -0.261 e. The first-order valence-corrected chi connectivity index (χ1v) is 7.12. The van der Waals surface area contributed by atoms with E-state index in [1.54, 1.807) is 12.3 Å². The molecule has 1 aromatic heterocycles. The molecule has 0 saturated carbocycles.